The first-order valence-corrected chi connectivity index (χ1v) is 7.10. The number of hydrogen-bond donors (Lipinski definition) is 0. The standard InChI is InChI=1S/C12H19BrF3NO3/c1-11(2,3)20-10(18)17-6-7(12(14,15)16)5-8(13)9(17)19-4/h7-9H,5-6H2,1-4H3. The molecule has 1 saturated heterocycles. The summed E-state index contributed by atoms with van der Waals surface area (Å²) in [5, 5.41) is 0. The molecule has 0 aromatic rings. The number of amides is 1. The van der Waals surface area contributed by atoms with E-state index in [-0.39, 0.29) is 6.42 Å². The van der Waals surface area contributed by atoms with Gasteiger partial charge in [-0.3, -0.25) is 4.90 Å². The summed E-state index contributed by atoms with van der Waals surface area (Å²) in [6.07, 6.45) is -6.07. The fourth-order valence-corrected chi connectivity index (χ4v) is 2.96. The van der Waals surface area contributed by atoms with Gasteiger partial charge in [0.25, 0.3) is 0 Å². The fourth-order valence-electron chi connectivity index (χ4n) is 2.01. The molecule has 0 aliphatic carbocycles. The minimum Gasteiger partial charge on any atom is -0.444 e. The Morgan fingerprint density at radius 1 is 1.30 bits per heavy atom. The van der Waals surface area contributed by atoms with E-state index in [4.69, 9.17) is 9.47 Å². The largest absolute Gasteiger partial charge is 0.444 e. The van der Waals surface area contributed by atoms with Gasteiger partial charge in [-0.15, -0.1) is 0 Å². The summed E-state index contributed by atoms with van der Waals surface area (Å²) in [6, 6.07) is 0. The molecule has 1 amide bonds. The third-order valence-electron chi connectivity index (χ3n) is 2.88. The van der Waals surface area contributed by atoms with Crippen molar-refractivity contribution >= 4 is 22.0 Å². The number of likely N-dealkylation sites (tertiary alicyclic amines) is 1. The molecule has 0 aromatic heterocycles. The minimum atomic E-state index is -4.36. The van der Waals surface area contributed by atoms with Crippen molar-refractivity contribution in [2.45, 2.75) is 50.0 Å². The first-order valence-electron chi connectivity index (χ1n) is 6.19. The van der Waals surface area contributed by atoms with Crippen LogP contribution in [0.4, 0.5) is 18.0 Å². The summed E-state index contributed by atoms with van der Waals surface area (Å²) in [4.78, 5) is 12.4. The average molecular weight is 362 g/mol. The van der Waals surface area contributed by atoms with Gasteiger partial charge in [0.1, 0.15) is 11.8 Å². The molecule has 0 saturated carbocycles. The van der Waals surface area contributed by atoms with Crippen molar-refractivity contribution in [2.75, 3.05) is 13.7 Å². The highest BCUT2D eigenvalue weighted by Crippen LogP contribution is 2.38. The summed E-state index contributed by atoms with van der Waals surface area (Å²) in [5.74, 6) is -1.59. The van der Waals surface area contributed by atoms with Crippen LogP contribution in [0.5, 0.6) is 0 Å². The van der Waals surface area contributed by atoms with Crippen LogP contribution in [0.3, 0.4) is 0 Å². The second kappa shape index (κ2) is 6.09. The number of carbonyl (C=O) groups excluding carboxylic acids is 1. The molecular formula is C12H19BrF3NO3. The number of ether oxygens (including phenoxy) is 2. The normalized spacial score (nSPS) is 28.4. The maximum Gasteiger partial charge on any atom is 0.412 e. The summed E-state index contributed by atoms with van der Waals surface area (Å²) in [6.45, 7) is 4.51. The zero-order valence-corrected chi connectivity index (χ0v) is 13.4. The molecule has 0 bridgehead atoms. The highest BCUT2D eigenvalue weighted by Gasteiger charge is 2.49. The number of alkyl halides is 4. The Morgan fingerprint density at radius 3 is 2.25 bits per heavy atom. The van der Waals surface area contributed by atoms with Crippen LogP contribution in [0.2, 0.25) is 0 Å². The summed E-state index contributed by atoms with van der Waals surface area (Å²) in [7, 11) is 1.35. The van der Waals surface area contributed by atoms with Gasteiger partial charge in [0.05, 0.1) is 10.7 Å². The zero-order valence-electron chi connectivity index (χ0n) is 11.8. The molecule has 118 valence electrons. The number of carbonyl (C=O) groups is 1. The van der Waals surface area contributed by atoms with Crippen LogP contribution in [0.1, 0.15) is 27.2 Å². The fraction of sp³-hybridized carbons (Fsp3) is 0.917. The number of nitrogens with zero attached hydrogens (tertiary/aromatic N) is 1. The van der Waals surface area contributed by atoms with Gasteiger partial charge in [-0.05, 0) is 27.2 Å². The van der Waals surface area contributed by atoms with E-state index < -0.39 is 41.4 Å². The second-order valence-electron chi connectivity index (χ2n) is 5.75. The van der Waals surface area contributed by atoms with Gasteiger partial charge >= 0.3 is 12.3 Å². The summed E-state index contributed by atoms with van der Waals surface area (Å²) >= 11 is 3.16. The lowest BCUT2D eigenvalue weighted by molar-refractivity contribution is -0.198. The molecular weight excluding hydrogens is 343 g/mol. The molecule has 0 N–H and O–H groups in total. The van der Waals surface area contributed by atoms with Crippen molar-refractivity contribution in [3.05, 3.63) is 0 Å². The maximum atomic E-state index is 12.9. The molecule has 1 fully saturated rings. The predicted molar refractivity (Wildman–Crippen MR) is 70.6 cm³/mol. The number of piperidine rings is 1. The Hall–Kier alpha value is -0.500. The van der Waals surface area contributed by atoms with Gasteiger partial charge in [-0.1, -0.05) is 15.9 Å². The Morgan fingerprint density at radius 2 is 1.85 bits per heavy atom. The minimum absolute atomic E-state index is 0.138. The van der Waals surface area contributed by atoms with Crippen molar-refractivity contribution in [2.24, 2.45) is 5.92 Å². The van der Waals surface area contributed by atoms with Crippen molar-refractivity contribution in [1.82, 2.24) is 4.90 Å². The maximum absolute atomic E-state index is 12.9. The molecule has 1 aliphatic rings. The monoisotopic (exact) mass is 361 g/mol. The smallest absolute Gasteiger partial charge is 0.412 e. The highest BCUT2D eigenvalue weighted by molar-refractivity contribution is 9.09. The van der Waals surface area contributed by atoms with Crippen LogP contribution in [-0.2, 0) is 9.47 Å². The molecule has 0 spiro atoms. The van der Waals surface area contributed by atoms with Crippen molar-refractivity contribution in [3.63, 3.8) is 0 Å². The molecule has 0 radical (unpaired) electrons. The predicted octanol–water partition coefficient (Wildman–Crippen LogP) is 3.54. The SMILES string of the molecule is COC1C(Br)CC(C(F)(F)F)CN1C(=O)OC(C)(C)C. The number of hydrogen-bond acceptors (Lipinski definition) is 3. The van der Waals surface area contributed by atoms with E-state index in [0.29, 0.717) is 0 Å². The van der Waals surface area contributed by atoms with E-state index in [2.05, 4.69) is 15.9 Å². The molecule has 1 aliphatic heterocycles. The lowest BCUT2D eigenvalue weighted by Gasteiger charge is -2.42. The van der Waals surface area contributed by atoms with Gasteiger partial charge in [-0.25, -0.2) is 4.79 Å². The van der Waals surface area contributed by atoms with Gasteiger partial charge in [0.2, 0.25) is 0 Å². The van der Waals surface area contributed by atoms with E-state index in [1.807, 2.05) is 0 Å². The van der Waals surface area contributed by atoms with Crippen LogP contribution >= 0.6 is 15.9 Å². The molecule has 1 rings (SSSR count). The van der Waals surface area contributed by atoms with Crippen LogP contribution in [0.25, 0.3) is 0 Å². The number of rotatable bonds is 1. The molecule has 3 atom stereocenters. The lowest BCUT2D eigenvalue weighted by atomic mass is 9.96. The second-order valence-corrected chi connectivity index (χ2v) is 6.93. The third-order valence-corrected chi connectivity index (χ3v) is 3.70. The average Bonchev–Trinajstić information content (AvgIpc) is 2.24. The first-order chi connectivity index (χ1) is 8.95. The van der Waals surface area contributed by atoms with Gasteiger partial charge in [0.15, 0.2) is 0 Å². The van der Waals surface area contributed by atoms with Crippen LogP contribution < -0.4 is 0 Å². The Balaban J connectivity index is 2.90. The van der Waals surface area contributed by atoms with Crippen molar-refractivity contribution < 1.29 is 27.4 Å². The van der Waals surface area contributed by atoms with E-state index >= 15 is 0 Å². The van der Waals surface area contributed by atoms with Crippen molar-refractivity contribution in [3.8, 4) is 0 Å². The van der Waals surface area contributed by atoms with Crippen LogP contribution in [0.15, 0.2) is 0 Å². The number of halogens is 4. The Labute approximate surface area is 124 Å². The van der Waals surface area contributed by atoms with E-state index in [9.17, 15) is 18.0 Å². The first kappa shape index (κ1) is 17.6. The van der Waals surface area contributed by atoms with Crippen molar-refractivity contribution in [1.29, 1.82) is 0 Å². The highest BCUT2D eigenvalue weighted by atomic mass is 79.9. The van der Waals surface area contributed by atoms with E-state index in [0.717, 1.165) is 4.90 Å². The van der Waals surface area contributed by atoms with Gasteiger partial charge in [-0.2, -0.15) is 13.2 Å². The third kappa shape index (κ3) is 4.51. The lowest BCUT2D eigenvalue weighted by Crippen LogP contribution is -2.56. The zero-order chi connectivity index (χ0) is 15.7. The topological polar surface area (TPSA) is 38.8 Å². The van der Waals surface area contributed by atoms with E-state index in [1.165, 1.54) is 7.11 Å². The van der Waals surface area contributed by atoms with Gasteiger partial charge < -0.3 is 9.47 Å². The summed E-state index contributed by atoms with van der Waals surface area (Å²) in [5.41, 5.74) is -0.775. The van der Waals surface area contributed by atoms with Crippen LogP contribution in [0, 0.1) is 5.92 Å². The molecule has 4 nitrogen and oxygen atoms in total. The molecule has 20 heavy (non-hydrogen) atoms. The molecule has 0 aromatic carbocycles. The molecule has 3 unspecified atom stereocenters. The Bertz CT molecular complexity index is 357. The van der Waals surface area contributed by atoms with E-state index in [1.54, 1.807) is 20.8 Å². The summed E-state index contributed by atoms with van der Waals surface area (Å²) < 4.78 is 48.9. The Kier molecular flexibility index (Phi) is 5.34. The number of methoxy groups -OCH3 is 1. The molecule has 8 heteroatoms. The molecule has 1 heterocycles. The van der Waals surface area contributed by atoms with Gasteiger partial charge in [0, 0.05) is 13.7 Å². The van der Waals surface area contributed by atoms with Crippen LogP contribution in [-0.4, -0.2) is 47.5 Å². The quantitative estimate of drug-likeness (QED) is 0.670.